The second-order valence-electron chi connectivity index (χ2n) is 3.40. The van der Waals surface area contributed by atoms with E-state index in [0.717, 1.165) is 0 Å². The van der Waals surface area contributed by atoms with Crippen molar-refractivity contribution in [2.75, 3.05) is 0 Å². The van der Waals surface area contributed by atoms with Gasteiger partial charge in [-0.2, -0.15) is 0 Å². The van der Waals surface area contributed by atoms with E-state index in [2.05, 4.69) is 0 Å². The van der Waals surface area contributed by atoms with E-state index in [9.17, 15) is 34.2 Å². The molecule has 0 bridgehead atoms. The molecule has 0 aromatic heterocycles. The van der Waals surface area contributed by atoms with Gasteiger partial charge in [-0.15, -0.1) is 0 Å². The SMILES string of the molecule is O=C(O)CC(=O)O.O=C([O-])CC(O)(CC(=O)[O-])C(=O)O.[Na+].[Na+]. The molecule has 0 spiro atoms. The van der Waals surface area contributed by atoms with Crippen LogP contribution in [0.15, 0.2) is 0 Å². The maximum absolute atomic E-state index is 10.3. The molecule has 0 aromatic rings. The molecule has 0 aliphatic rings. The van der Waals surface area contributed by atoms with E-state index >= 15 is 0 Å². The Morgan fingerprint density at radius 1 is 0.773 bits per heavy atom. The molecule has 0 atom stereocenters. The Balaban J connectivity index is -0.000000156. The van der Waals surface area contributed by atoms with Crippen LogP contribution in [0.5, 0.6) is 0 Å². The average molecular weight is 340 g/mol. The summed E-state index contributed by atoms with van der Waals surface area (Å²) in [4.78, 5) is 49.0. The number of hydrogen-bond acceptors (Lipinski definition) is 8. The minimum absolute atomic E-state index is 0. The number of aliphatic hydroxyl groups is 1. The topological polar surface area (TPSA) is 212 Å². The van der Waals surface area contributed by atoms with Crippen LogP contribution in [0.3, 0.4) is 0 Å². The fourth-order valence-corrected chi connectivity index (χ4v) is 0.821. The third kappa shape index (κ3) is 17.4. The van der Waals surface area contributed by atoms with Crippen molar-refractivity contribution in [3.8, 4) is 0 Å². The maximum atomic E-state index is 10.3. The molecule has 4 N–H and O–H groups in total. The van der Waals surface area contributed by atoms with Crippen molar-refractivity contribution in [1.82, 2.24) is 0 Å². The quantitative estimate of drug-likeness (QED) is 0.252. The molecule has 11 nitrogen and oxygen atoms in total. The zero-order valence-corrected chi connectivity index (χ0v) is 15.8. The molecule has 0 aliphatic carbocycles. The standard InChI is InChI=1S/C6H8O7.C3H4O4.2Na/c7-3(8)1-6(13,5(11)12)2-4(9)10;4-2(5)1-3(6)7;;/h13H,1-2H2,(H,7,8)(H,9,10)(H,11,12);1H2,(H,4,5)(H,6,7);;/q;;2*+1/p-2. The van der Waals surface area contributed by atoms with Gasteiger partial charge >= 0.3 is 77.0 Å². The predicted molar refractivity (Wildman–Crippen MR) is 51.7 cm³/mol. The molecular formula is C9H10Na2O11. The van der Waals surface area contributed by atoms with E-state index in [1.165, 1.54) is 0 Å². The van der Waals surface area contributed by atoms with Crippen LogP contribution < -0.4 is 69.3 Å². The summed E-state index contributed by atoms with van der Waals surface area (Å²) in [5.41, 5.74) is -2.86. The maximum Gasteiger partial charge on any atom is 1.00 e. The summed E-state index contributed by atoms with van der Waals surface area (Å²) < 4.78 is 0. The number of carbonyl (C=O) groups is 5. The van der Waals surface area contributed by atoms with Crippen LogP contribution in [0.1, 0.15) is 19.3 Å². The minimum Gasteiger partial charge on any atom is -0.550 e. The van der Waals surface area contributed by atoms with Crippen LogP contribution in [0.4, 0.5) is 0 Å². The van der Waals surface area contributed by atoms with E-state index in [4.69, 9.17) is 20.4 Å². The molecule has 0 aromatic carbocycles. The van der Waals surface area contributed by atoms with Gasteiger partial charge in [-0.3, -0.25) is 9.59 Å². The van der Waals surface area contributed by atoms with Gasteiger partial charge in [0, 0.05) is 24.8 Å². The van der Waals surface area contributed by atoms with Crippen molar-refractivity contribution in [3.05, 3.63) is 0 Å². The first-order chi connectivity index (χ1) is 8.90. The summed E-state index contributed by atoms with van der Waals surface area (Å²) in [5.74, 6) is -8.28. The molecule has 0 unspecified atom stereocenters. The number of aliphatic carboxylic acids is 5. The van der Waals surface area contributed by atoms with Gasteiger partial charge in [0.15, 0.2) is 5.60 Å². The van der Waals surface area contributed by atoms with Crippen molar-refractivity contribution >= 4 is 29.8 Å². The smallest absolute Gasteiger partial charge is 0.550 e. The minimum atomic E-state index is -2.86. The first-order valence-corrected chi connectivity index (χ1v) is 4.69. The van der Waals surface area contributed by atoms with Gasteiger partial charge in [0.25, 0.3) is 0 Å². The number of carboxylic acids is 5. The summed E-state index contributed by atoms with van der Waals surface area (Å²) >= 11 is 0. The molecule has 13 heteroatoms. The van der Waals surface area contributed by atoms with E-state index in [1.807, 2.05) is 0 Å². The second kappa shape index (κ2) is 13.9. The molecule has 0 saturated carbocycles. The van der Waals surface area contributed by atoms with Crippen LogP contribution in [-0.4, -0.2) is 55.9 Å². The van der Waals surface area contributed by atoms with Crippen molar-refractivity contribution in [2.24, 2.45) is 0 Å². The number of carbonyl (C=O) groups excluding carboxylic acids is 2. The zero-order valence-electron chi connectivity index (χ0n) is 11.8. The van der Waals surface area contributed by atoms with Gasteiger partial charge in [0.2, 0.25) is 0 Å². The number of rotatable bonds is 7. The molecule has 0 aliphatic heterocycles. The van der Waals surface area contributed by atoms with E-state index in [-0.39, 0.29) is 59.1 Å². The van der Waals surface area contributed by atoms with Crippen LogP contribution in [0.2, 0.25) is 0 Å². The van der Waals surface area contributed by atoms with Crippen LogP contribution in [0, 0.1) is 0 Å². The van der Waals surface area contributed by atoms with E-state index in [0.29, 0.717) is 0 Å². The second-order valence-corrected chi connectivity index (χ2v) is 3.40. The van der Waals surface area contributed by atoms with Gasteiger partial charge in [-0.25, -0.2) is 4.79 Å². The van der Waals surface area contributed by atoms with Crippen molar-refractivity contribution in [3.63, 3.8) is 0 Å². The van der Waals surface area contributed by atoms with Gasteiger partial charge < -0.3 is 40.2 Å². The van der Waals surface area contributed by atoms with Crippen LogP contribution in [-0.2, 0) is 24.0 Å². The number of hydrogen-bond donors (Lipinski definition) is 4. The fourth-order valence-electron chi connectivity index (χ4n) is 0.821. The molecule has 0 radical (unpaired) electrons. The summed E-state index contributed by atoms with van der Waals surface area (Å²) in [7, 11) is 0. The van der Waals surface area contributed by atoms with E-state index in [1.54, 1.807) is 0 Å². The first-order valence-electron chi connectivity index (χ1n) is 4.69. The Bertz CT molecular complexity index is 392. The Morgan fingerprint density at radius 3 is 1.14 bits per heavy atom. The monoisotopic (exact) mass is 340 g/mol. The summed E-state index contributed by atoms with van der Waals surface area (Å²) in [6, 6.07) is 0. The predicted octanol–water partition coefficient (Wildman–Crippen LogP) is -10.4. The molecule has 0 heterocycles. The van der Waals surface area contributed by atoms with Crippen molar-refractivity contribution < 1.29 is 114 Å². The fraction of sp³-hybridized carbons (Fsp3) is 0.444. The molecule has 0 rings (SSSR count). The van der Waals surface area contributed by atoms with Crippen molar-refractivity contribution in [1.29, 1.82) is 0 Å². The van der Waals surface area contributed by atoms with Crippen molar-refractivity contribution in [2.45, 2.75) is 24.9 Å². The zero-order chi connectivity index (χ0) is 16.5. The van der Waals surface area contributed by atoms with E-state index < -0.39 is 54.7 Å². The van der Waals surface area contributed by atoms with Gasteiger partial charge in [0.1, 0.15) is 6.42 Å². The summed E-state index contributed by atoms with van der Waals surface area (Å²) in [6.45, 7) is 0. The summed E-state index contributed by atoms with van der Waals surface area (Å²) in [6.07, 6.45) is -3.40. The normalized spacial score (nSPS) is 8.95. The van der Waals surface area contributed by atoms with Crippen LogP contribution in [0.25, 0.3) is 0 Å². The Hall–Kier alpha value is -0.690. The average Bonchev–Trinajstić information content (AvgIpc) is 2.12. The van der Waals surface area contributed by atoms with Crippen LogP contribution >= 0.6 is 0 Å². The largest absolute Gasteiger partial charge is 1.00 e. The third-order valence-corrected chi connectivity index (χ3v) is 1.57. The Morgan fingerprint density at radius 2 is 1.05 bits per heavy atom. The first kappa shape index (κ1) is 29.3. The molecule has 22 heavy (non-hydrogen) atoms. The summed E-state index contributed by atoms with van der Waals surface area (Å²) in [5, 5.41) is 52.6. The molecule has 0 amide bonds. The van der Waals surface area contributed by atoms with Gasteiger partial charge in [-0.1, -0.05) is 0 Å². The molecule has 0 fully saturated rings. The third-order valence-electron chi connectivity index (χ3n) is 1.57. The molecule has 114 valence electrons. The molecule has 0 saturated heterocycles. The molecular weight excluding hydrogens is 330 g/mol. The van der Waals surface area contributed by atoms with Gasteiger partial charge in [0.05, 0.1) is 0 Å². The number of carboxylic acid groups (broad SMARTS) is 5. The van der Waals surface area contributed by atoms with Gasteiger partial charge in [-0.05, 0) is 0 Å². The Kier molecular flexibility index (Phi) is 18.6. The Labute approximate surface area is 167 Å².